The molecule has 0 spiro atoms. The van der Waals surface area contributed by atoms with E-state index >= 15 is 0 Å². The van der Waals surface area contributed by atoms with Crippen molar-refractivity contribution in [1.29, 1.82) is 0 Å². The lowest BCUT2D eigenvalue weighted by Crippen LogP contribution is -2.10. The van der Waals surface area contributed by atoms with Gasteiger partial charge in [-0.25, -0.2) is 0 Å². The van der Waals surface area contributed by atoms with Gasteiger partial charge in [0.1, 0.15) is 0 Å². The van der Waals surface area contributed by atoms with Gasteiger partial charge < -0.3 is 4.74 Å². The summed E-state index contributed by atoms with van der Waals surface area (Å²) in [6, 6.07) is 0. The molecule has 2 aliphatic rings. The predicted octanol–water partition coefficient (Wildman–Crippen LogP) is 1.99. The van der Waals surface area contributed by atoms with E-state index in [2.05, 4.69) is 0 Å². The maximum absolute atomic E-state index is 11.4. The normalized spacial score (nSPS) is 37.6. The molecular weight excluding hydrogens is 152 g/mol. The summed E-state index contributed by atoms with van der Waals surface area (Å²) in [6.45, 7) is 2.63. The molecule has 2 rings (SSSR count). The van der Waals surface area contributed by atoms with E-state index < -0.39 is 0 Å². The lowest BCUT2D eigenvalue weighted by atomic mass is 10.1. The first-order valence-electron chi connectivity index (χ1n) is 5.01. The third-order valence-corrected chi connectivity index (χ3v) is 3.13. The fraction of sp³-hybridized carbons (Fsp3) is 0.900. The first-order valence-corrected chi connectivity index (χ1v) is 5.01. The van der Waals surface area contributed by atoms with Gasteiger partial charge in [-0.3, -0.25) is 4.79 Å². The molecule has 2 atom stereocenters. The van der Waals surface area contributed by atoms with Crippen molar-refractivity contribution in [3.8, 4) is 0 Å². The largest absolute Gasteiger partial charge is 0.465 e. The fourth-order valence-corrected chi connectivity index (χ4v) is 2.47. The van der Waals surface area contributed by atoms with Gasteiger partial charge in [0, 0.05) is 0 Å². The molecule has 0 bridgehead atoms. The molecule has 0 N–H and O–H groups in total. The van der Waals surface area contributed by atoms with Gasteiger partial charge in [0.25, 0.3) is 0 Å². The number of carbonyl (C=O) groups excluding carboxylic acids is 1. The van der Waals surface area contributed by atoms with Gasteiger partial charge in [0.15, 0.2) is 0 Å². The number of esters is 1. The van der Waals surface area contributed by atoms with Crippen LogP contribution < -0.4 is 0 Å². The molecule has 0 aliphatic heterocycles. The highest BCUT2D eigenvalue weighted by atomic mass is 16.5. The summed E-state index contributed by atoms with van der Waals surface area (Å²) in [7, 11) is 0. The number of rotatable bonds is 3. The highest BCUT2D eigenvalue weighted by Gasteiger charge is 2.57. The number of carbonyl (C=O) groups is 1. The van der Waals surface area contributed by atoms with Gasteiger partial charge in [-0.1, -0.05) is 13.3 Å². The zero-order valence-electron chi connectivity index (χ0n) is 7.58. The molecule has 2 heteroatoms. The monoisotopic (exact) mass is 168 g/mol. The number of fused-ring (bicyclic) bond motifs is 1. The van der Waals surface area contributed by atoms with E-state index in [9.17, 15) is 4.79 Å². The quantitative estimate of drug-likeness (QED) is 0.602. The summed E-state index contributed by atoms with van der Waals surface area (Å²) in [5.41, 5.74) is 0. The maximum Gasteiger partial charge on any atom is 0.309 e. The van der Waals surface area contributed by atoms with Crippen LogP contribution in [0.1, 0.15) is 32.6 Å². The van der Waals surface area contributed by atoms with Crippen LogP contribution in [0.5, 0.6) is 0 Å². The summed E-state index contributed by atoms with van der Waals surface area (Å²) in [6.07, 6.45) is 4.79. The van der Waals surface area contributed by atoms with Crippen LogP contribution >= 0.6 is 0 Å². The Balaban J connectivity index is 1.76. The van der Waals surface area contributed by atoms with Crippen LogP contribution in [0, 0.1) is 17.8 Å². The molecule has 68 valence electrons. The highest BCUT2D eigenvalue weighted by Crippen LogP contribution is 2.57. The van der Waals surface area contributed by atoms with Crippen molar-refractivity contribution in [2.45, 2.75) is 32.6 Å². The molecule has 2 nitrogen and oxygen atoms in total. The van der Waals surface area contributed by atoms with E-state index in [0.29, 0.717) is 24.4 Å². The topological polar surface area (TPSA) is 26.3 Å². The van der Waals surface area contributed by atoms with Crippen LogP contribution in [0.3, 0.4) is 0 Å². The Bertz CT molecular complexity index is 178. The Morgan fingerprint density at radius 1 is 1.42 bits per heavy atom. The summed E-state index contributed by atoms with van der Waals surface area (Å²) >= 11 is 0. The predicted molar refractivity (Wildman–Crippen MR) is 45.6 cm³/mol. The third-order valence-electron chi connectivity index (χ3n) is 3.13. The Morgan fingerprint density at radius 3 is 2.67 bits per heavy atom. The van der Waals surface area contributed by atoms with Gasteiger partial charge in [0.05, 0.1) is 12.5 Å². The lowest BCUT2D eigenvalue weighted by molar-refractivity contribution is -0.146. The van der Waals surface area contributed by atoms with Crippen molar-refractivity contribution < 1.29 is 9.53 Å². The van der Waals surface area contributed by atoms with Crippen LogP contribution in [0.25, 0.3) is 0 Å². The summed E-state index contributed by atoms with van der Waals surface area (Å²) in [5.74, 6) is 1.78. The van der Waals surface area contributed by atoms with Gasteiger partial charge in [-0.2, -0.15) is 0 Å². The minimum atomic E-state index is 0.0755. The van der Waals surface area contributed by atoms with E-state index in [4.69, 9.17) is 4.74 Å². The van der Waals surface area contributed by atoms with E-state index in [1.165, 1.54) is 19.3 Å². The second-order valence-corrected chi connectivity index (χ2v) is 3.95. The number of ether oxygens (including phenoxy) is 1. The molecule has 2 aliphatic carbocycles. The summed E-state index contributed by atoms with van der Waals surface area (Å²) in [5, 5.41) is 0. The minimum Gasteiger partial charge on any atom is -0.465 e. The van der Waals surface area contributed by atoms with Crippen LogP contribution in [-0.4, -0.2) is 12.6 Å². The van der Waals surface area contributed by atoms with E-state index in [1.807, 2.05) is 6.92 Å². The lowest BCUT2D eigenvalue weighted by Gasteiger charge is -2.03. The SMILES string of the molecule is CCCOC(=O)C1C2CCCC21. The first kappa shape index (κ1) is 8.09. The molecular formula is C10H16O2. The van der Waals surface area contributed by atoms with Crippen LogP contribution in [0.4, 0.5) is 0 Å². The summed E-state index contributed by atoms with van der Waals surface area (Å²) < 4.78 is 5.11. The van der Waals surface area contributed by atoms with Crippen molar-refractivity contribution in [2.24, 2.45) is 17.8 Å². The van der Waals surface area contributed by atoms with Gasteiger partial charge >= 0.3 is 5.97 Å². The Hall–Kier alpha value is -0.530. The van der Waals surface area contributed by atoms with Gasteiger partial charge in [0.2, 0.25) is 0 Å². The third kappa shape index (κ3) is 1.23. The van der Waals surface area contributed by atoms with Crippen LogP contribution in [-0.2, 0) is 9.53 Å². The molecule has 0 heterocycles. The standard InChI is InChI=1S/C10H16O2/c1-2-6-12-10(11)9-7-4-3-5-8(7)9/h7-9H,2-6H2,1H3. The molecule has 0 aromatic carbocycles. The Morgan fingerprint density at radius 2 is 2.08 bits per heavy atom. The first-order chi connectivity index (χ1) is 5.84. The molecule has 0 aromatic heterocycles. The molecule has 2 fully saturated rings. The van der Waals surface area contributed by atoms with Crippen molar-refractivity contribution in [1.82, 2.24) is 0 Å². The second-order valence-electron chi connectivity index (χ2n) is 3.95. The number of hydrogen-bond acceptors (Lipinski definition) is 2. The molecule has 12 heavy (non-hydrogen) atoms. The molecule has 2 saturated carbocycles. The molecule has 0 radical (unpaired) electrons. The van der Waals surface area contributed by atoms with E-state index in [1.54, 1.807) is 0 Å². The van der Waals surface area contributed by atoms with Gasteiger partial charge in [-0.05, 0) is 31.1 Å². The maximum atomic E-state index is 11.4. The average molecular weight is 168 g/mol. The van der Waals surface area contributed by atoms with Crippen LogP contribution in [0.2, 0.25) is 0 Å². The Kier molecular flexibility index (Phi) is 2.07. The molecule has 0 aromatic rings. The van der Waals surface area contributed by atoms with Crippen molar-refractivity contribution in [3.05, 3.63) is 0 Å². The van der Waals surface area contributed by atoms with E-state index in [0.717, 1.165) is 6.42 Å². The molecule has 0 amide bonds. The Labute approximate surface area is 73.3 Å². The van der Waals surface area contributed by atoms with Crippen LogP contribution in [0.15, 0.2) is 0 Å². The number of hydrogen-bond donors (Lipinski definition) is 0. The summed E-state index contributed by atoms with van der Waals surface area (Å²) in [4.78, 5) is 11.4. The average Bonchev–Trinajstić information content (AvgIpc) is 2.56. The molecule has 2 unspecified atom stereocenters. The smallest absolute Gasteiger partial charge is 0.309 e. The fourth-order valence-electron chi connectivity index (χ4n) is 2.47. The highest BCUT2D eigenvalue weighted by molar-refractivity contribution is 5.76. The molecule has 0 saturated heterocycles. The zero-order valence-corrected chi connectivity index (χ0v) is 7.58. The zero-order chi connectivity index (χ0) is 8.55. The van der Waals surface area contributed by atoms with Crippen molar-refractivity contribution >= 4 is 5.97 Å². The van der Waals surface area contributed by atoms with Gasteiger partial charge in [-0.15, -0.1) is 0 Å². The minimum absolute atomic E-state index is 0.0755. The van der Waals surface area contributed by atoms with Crippen molar-refractivity contribution in [2.75, 3.05) is 6.61 Å². The van der Waals surface area contributed by atoms with E-state index in [-0.39, 0.29) is 5.97 Å². The second kappa shape index (κ2) is 3.08. The van der Waals surface area contributed by atoms with Crippen molar-refractivity contribution in [3.63, 3.8) is 0 Å².